The second kappa shape index (κ2) is 10.2. The van der Waals surface area contributed by atoms with E-state index in [-0.39, 0.29) is 11.9 Å². The van der Waals surface area contributed by atoms with Crippen molar-refractivity contribution in [2.24, 2.45) is 0 Å². The molecule has 4 nitrogen and oxygen atoms in total. The highest BCUT2D eigenvalue weighted by atomic mass is 16.5. The van der Waals surface area contributed by atoms with Crippen LogP contribution in [0.5, 0.6) is 0 Å². The molecule has 0 bridgehead atoms. The largest absolute Gasteiger partial charge is 0.449 e. The predicted molar refractivity (Wildman–Crippen MR) is 103 cm³/mol. The number of esters is 1. The van der Waals surface area contributed by atoms with Crippen LogP contribution in [0.4, 0.5) is 0 Å². The van der Waals surface area contributed by atoms with Crippen molar-refractivity contribution in [1.29, 1.82) is 0 Å². The van der Waals surface area contributed by atoms with Crippen LogP contribution in [0.15, 0.2) is 66.7 Å². The highest BCUT2D eigenvalue weighted by molar-refractivity contribution is 5.90. The van der Waals surface area contributed by atoms with Gasteiger partial charge in [0.25, 0.3) is 5.91 Å². The topological polar surface area (TPSA) is 55.4 Å². The minimum Gasteiger partial charge on any atom is -0.449 e. The lowest BCUT2D eigenvalue weighted by Gasteiger charge is -2.17. The van der Waals surface area contributed by atoms with Gasteiger partial charge in [-0.1, -0.05) is 60.7 Å². The van der Waals surface area contributed by atoms with Crippen molar-refractivity contribution < 1.29 is 14.3 Å². The van der Waals surface area contributed by atoms with Crippen molar-refractivity contribution in [3.63, 3.8) is 0 Å². The molecule has 0 heterocycles. The predicted octanol–water partition coefficient (Wildman–Crippen LogP) is 3.77. The van der Waals surface area contributed by atoms with Gasteiger partial charge in [-0.25, -0.2) is 4.79 Å². The Morgan fingerprint density at radius 1 is 1.00 bits per heavy atom. The SMILES string of the molecule is C[C@H](CCc1ccccc1)NC(=O)[C@@H](C)OC(=O)/C=C/c1ccccc1. The number of carbonyl (C=O) groups is 2. The van der Waals surface area contributed by atoms with E-state index in [1.54, 1.807) is 13.0 Å². The van der Waals surface area contributed by atoms with E-state index in [0.29, 0.717) is 0 Å². The quantitative estimate of drug-likeness (QED) is 0.582. The van der Waals surface area contributed by atoms with Gasteiger partial charge in [0, 0.05) is 12.1 Å². The number of carbonyl (C=O) groups excluding carboxylic acids is 2. The summed E-state index contributed by atoms with van der Waals surface area (Å²) in [5.74, 6) is -0.819. The van der Waals surface area contributed by atoms with Crippen molar-refractivity contribution in [3.05, 3.63) is 77.9 Å². The van der Waals surface area contributed by atoms with Gasteiger partial charge in [0.15, 0.2) is 6.10 Å². The molecule has 26 heavy (non-hydrogen) atoms. The van der Waals surface area contributed by atoms with E-state index < -0.39 is 12.1 Å². The van der Waals surface area contributed by atoms with Gasteiger partial charge in [0.2, 0.25) is 0 Å². The Morgan fingerprint density at radius 2 is 1.62 bits per heavy atom. The molecule has 0 spiro atoms. The number of hydrogen-bond acceptors (Lipinski definition) is 3. The maximum absolute atomic E-state index is 12.2. The van der Waals surface area contributed by atoms with Crippen LogP contribution in [0.1, 0.15) is 31.4 Å². The lowest BCUT2D eigenvalue weighted by Crippen LogP contribution is -2.40. The van der Waals surface area contributed by atoms with Gasteiger partial charge in [-0.15, -0.1) is 0 Å². The Morgan fingerprint density at radius 3 is 2.27 bits per heavy atom. The average Bonchev–Trinajstić information content (AvgIpc) is 2.66. The van der Waals surface area contributed by atoms with E-state index in [9.17, 15) is 9.59 Å². The molecule has 136 valence electrons. The molecule has 0 saturated carbocycles. The molecule has 0 aromatic heterocycles. The molecule has 2 aromatic carbocycles. The molecule has 0 fully saturated rings. The van der Waals surface area contributed by atoms with Crippen LogP contribution >= 0.6 is 0 Å². The molecule has 0 aliphatic carbocycles. The second-order valence-electron chi connectivity index (χ2n) is 6.26. The standard InChI is InChI=1S/C22H25NO3/c1-17(13-14-19-9-5-3-6-10-19)23-22(25)18(2)26-21(24)16-15-20-11-7-4-8-12-20/h3-12,15-18H,13-14H2,1-2H3,(H,23,25)/b16-15+/t17-,18-/m1/s1. The second-order valence-corrected chi connectivity index (χ2v) is 6.26. The maximum atomic E-state index is 12.2. The fourth-order valence-corrected chi connectivity index (χ4v) is 2.46. The Bertz CT molecular complexity index is 726. The third-order valence-corrected chi connectivity index (χ3v) is 3.97. The van der Waals surface area contributed by atoms with Gasteiger partial charge in [-0.05, 0) is 43.9 Å². The van der Waals surface area contributed by atoms with Crippen molar-refractivity contribution in [2.45, 2.75) is 38.8 Å². The molecule has 0 aliphatic rings. The van der Waals surface area contributed by atoms with Gasteiger partial charge >= 0.3 is 5.97 Å². The summed E-state index contributed by atoms with van der Waals surface area (Å²) < 4.78 is 5.16. The molecular weight excluding hydrogens is 326 g/mol. The van der Waals surface area contributed by atoms with Crippen LogP contribution in [-0.2, 0) is 20.7 Å². The Balaban J connectivity index is 1.74. The van der Waals surface area contributed by atoms with E-state index in [1.165, 1.54) is 11.6 Å². The summed E-state index contributed by atoms with van der Waals surface area (Å²) in [5, 5.41) is 2.89. The van der Waals surface area contributed by atoms with Gasteiger partial charge in [0.05, 0.1) is 0 Å². The minimum absolute atomic E-state index is 0.00344. The van der Waals surface area contributed by atoms with Crippen LogP contribution in [-0.4, -0.2) is 24.0 Å². The molecule has 0 radical (unpaired) electrons. The lowest BCUT2D eigenvalue weighted by molar-refractivity contribution is -0.150. The molecular formula is C22H25NO3. The highest BCUT2D eigenvalue weighted by Gasteiger charge is 2.18. The number of hydrogen-bond donors (Lipinski definition) is 1. The monoisotopic (exact) mass is 351 g/mol. The summed E-state index contributed by atoms with van der Waals surface area (Å²) >= 11 is 0. The fourth-order valence-electron chi connectivity index (χ4n) is 2.46. The van der Waals surface area contributed by atoms with Crippen molar-refractivity contribution in [3.8, 4) is 0 Å². The van der Waals surface area contributed by atoms with Crippen molar-refractivity contribution in [2.75, 3.05) is 0 Å². The zero-order valence-electron chi connectivity index (χ0n) is 15.2. The Kier molecular flexibility index (Phi) is 7.62. The number of amides is 1. The van der Waals surface area contributed by atoms with Crippen LogP contribution in [0.2, 0.25) is 0 Å². The summed E-state index contributed by atoms with van der Waals surface area (Å²) in [6, 6.07) is 19.6. The van der Waals surface area contributed by atoms with Gasteiger partial charge in [-0.2, -0.15) is 0 Å². The minimum atomic E-state index is -0.831. The first-order chi connectivity index (χ1) is 12.5. The zero-order valence-corrected chi connectivity index (χ0v) is 15.2. The Labute approximate surface area is 154 Å². The summed E-state index contributed by atoms with van der Waals surface area (Å²) in [6.45, 7) is 3.53. The van der Waals surface area contributed by atoms with E-state index in [0.717, 1.165) is 18.4 Å². The molecule has 0 saturated heterocycles. The molecule has 2 atom stereocenters. The van der Waals surface area contributed by atoms with Gasteiger partial charge < -0.3 is 10.1 Å². The first-order valence-corrected chi connectivity index (χ1v) is 8.82. The lowest BCUT2D eigenvalue weighted by atomic mass is 10.1. The van der Waals surface area contributed by atoms with E-state index in [4.69, 9.17) is 4.74 Å². The number of benzene rings is 2. The maximum Gasteiger partial charge on any atom is 0.331 e. The average molecular weight is 351 g/mol. The number of rotatable bonds is 8. The zero-order chi connectivity index (χ0) is 18.8. The molecule has 1 amide bonds. The first-order valence-electron chi connectivity index (χ1n) is 8.82. The molecule has 4 heteroatoms. The molecule has 1 N–H and O–H groups in total. The third-order valence-electron chi connectivity index (χ3n) is 3.97. The highest BCUT2D eigenvalue weighted by Crippen LogP contribution is 2.06. The molecule has 0 unspecified atom stereocenters. The van der Waals surface area contributed by atoms with Crippen molar-refractivity contribution >= 4 is 18.0 Å². The summed E-state index contributed by atoms with van der Waals surface area (Å²) in [7, 11) is 0. The van der Waals surface area contributed by atoms with E-state index >= 15 is 0 Å². The van der Waals surface area contributed by atoms with E-state index in [1.807, 2.05) is 55.5 Å². The van der Waals surface area contributed by atoms with Gasteiger partial charge in [-0.3, -0.25) is 4.79 Å². The summed E-state index contributed by atoms with van der Waals surface area (Å²) in [4.78, 5) is 24.0. The van der Waals surface area contributed by atoms with Crippen LogP contribution in [0, 0.1) is 0 Å². The van der Waals surface area contributed by atoms with Crippen LogP contribution < -0.4 is 5.32 Å². The third kappa shape index (κ3) is 6.93. The van der Waals surface area contributed by atoms with Gasteiger partial charge in [0.1, 0.15) is 0 Å². The van der Waals surface area contributed by atoms with E-state index in [2.05, 4.69) is 17.4 Å². The number of aryl methyl sites for hydroxylation is 1. The number of ether oxygens (including phenoxy) is 1. The molecule has 0 aliphatic heterocycles. The molecule has 2 rings (SSSR count). The number of nitrogens with one attached hydrogen (secondary N) is 1. The molecule has 2 aromatic rings. The smallest absolute Gasteiger partial charge is 0.331 e. The normalized spacial score (nSPS) is 13.2. The first kappa shape index (κ1) is 19.4. The summed E-state index contributed by atoms with van der Waals surface area (Å²) in [5.41, 5.74) is 2.13. The van der Waals surface area contributed by atoms with Crippen LogP contribution in [0.25, 0.3) is 6.08 Å². The fraction of sp³-hybridized carbons (Fsp3) is 0.273. The van der Waals surface area contributed by atoms with Crippen LogP contribution in [0.3, 0.4) is 0 Å². The van der Waals surface area contributed by atoms with Crippen molar-refractivity contribution in [1.82, 2.24) is 5.32 Å². The summed E-state index contributed by atoms with van der Waals surface area (Å²) in [6.07, 6.45) is 3.87. The Hall–Kier alpha value is -2.88.